The molecule has 23 heavy (non-hydrogen) atoms. The molecular formula is C15H11BrClN3O2S. The van der Waals surface area contributed by atoms with Crippen LogP contribution in [0.25, 0.3) is 10.2 Å². The van der Waals surface area contributed by atoms with Gasteiger partial charge in [-0.25, -0.2) is 4.98 Å². The molecule has 2 aromatic carbocycles. The molecule has 0 aliphatic carbocycles. The van der Waals surface area contributed by atoms with Crippen LogP contribution in [0.3, 0.4) is 0 Å². The van der Waals surface area contributed by atoms with Crippen molar-refractivity contribution in [1.29, 1.82) is 0 Å². The molecule has 0 saturated heterocycles. The predicted octanol–water partition coefficient (Wildman–Crippen LogP) is 4.31. The van der Waals surface area contributed by atoms with Crippen LogP contribution in [0, 0.1) is 0 Å². The highest BCUT2D eigenvalue weighted by atomic mass is 79.9. The number of hydrogen-bond donors (Lipinski definition) is 2. The van der Waals surface area contributed by atoms with E-state index in [9.17, 15) is 4.79 Å². The van der Waals surface area contributed by atoms with Crippen molar-refractivity contribution in [3.05, 3.63) is 45.9 Å². The van der Waals surface area contributed by atoms with Gasteiger partial charge in [-0.3, -0.25) is 4.79 Å². The molecule has 5 nitrogen and oxygen atoms in total. The van der Waals surface area contributed by atoms with E-state index in [-0.39, 0.29) is 12.5 Å². The maximum Gasteiger partial charge on any atom is 0.262 e. The lowest BCUT2D eigenvalue weighted by atomic mass is 10.3. The zero-order valence-corrected chi connectivity index (χ0v) is 14.8. The lowest BCUT2D eigenvalue weighted by Crippen LogP contribution is -2.20. The minimum Gasteiger partial charge on any atom is -0.482 e. The van der Waals surface area contributed by atoms with Crippen LogP contribution in [0.5, 0.6) is 5.75 Å². The van der Waals surface area contributed by atoms with Gasteiger partial charge in [0.15, 0.2) is 11.7 Å². The Kier molecular flexibility index (Phi) is 4.70. The molecule has 0 bridgehead atoms. The van der Waals surface area contributed by atoms with Crippen molar-refractivity contribution in [3.63, 3.8) is 0 Å². The largest absolute Gasteiger partial charge is 0.482 e. The number of hydrogen-bond acceptors (Lipinski definition) is 5. The van der Waals surface area contributed by atoms with Gasteiger partial charge in [-0.05, 0) is 40.2 Å². The van der Waals surface area contributed by atoms with Crippen molar-refractivity contribution < 1.29 is 9.53 Å². The van der Waals surface area contributed by atoms with Crippen molar-refractivity contribution in [2.24, 2.45) is 0 Å². The van der Waals surface area contributed by atoms with Crippen LogP contribution < -0.4 is 15.8 Å². The number of nitrogens with two attached hydrogens (primary N) is 1. The Morgan fingerprint density at radius 2 is 2.17 bits per heavy atom. The number of benzene rings is 2. The summed E-state index contributed by atoms with van der Waals surface area (Å²) in [4.78, 5) is 16.2. The van der Waals surface area contributed by atoms with Gasteiger partial charge in [0, 0.05) is 10.2 Å². The van der Waals surface area contributed by atoms with Crippen molar-refractivity contribution in [2.75, 3.05) is 17.7 Å². The second-order valence-corrected chi connectivity index (χ2v) is 6.95. The molecule has 3 rings (SSSR count). The van der Waals surface area contributed by atoms with Gasteiger partial charge in [0.05, 0.1) is 15.2 Å². The summed E-state index contributed by atoms with van der Waals surface area (Å²) in [5.74, 6) is 0.185. The Morgan fingerprint density at radius 3 is 2.96 bits per heavy atom. The molecular weight excluding hydrogens is 402 g/mol. The van der Waals surface area contributed by atoms with Crippen LogP contribution in [0.4, 0.5) is 10.8 Å². The molecule has 1 aromatic heterocycles. The number of anilines is 2. The molecule has 0 fully saturated rings. The number of nitrogens with zero attached hydrogens (tertiary/aromatic N) is 1. The number of rotatable bonds is 4. The minimum atomic E-state index is -0.284. The molecule has 0 aliphatic heterocycles. The summed E-state index contributed by atoms with van der Waals surface area (Å²) in [5.41, 5.74) is 7.12. The Morgan fingerprint density at radius 1 is 1.39 bits per heavy atom. The van der Waals surface area contributed by atoms with Crippen LogP contribution >= 0.6 is 38.9 Å². The first-order valence-electron chi connectivity index (χ1n) is 6.55. The van der Waals surface area contributed by atoms with Gasteiger partial charge in [-0.15, -0.1) is 0 Å². The number of carbonyl (C=O) groups excluding carboxylic acids is 1. The van der Waals surface area contributed by atoms with Gasteiger partial charge < -0.3 is 15.8 Å². The van der Waals surface area contributed by atoms with Crippen LogP contribution in [-0.4, -0.2) is 17.5 Å². The average Bonchev–Trinajstić information content (AvgIpc) is 2.87. The third kappa shape index (κ3) is 3.74. The fourth-order valence-corrected chi connectivity index (χ4v) is 3.65. The van der Waals surface area contributed by atoms with Crippen molar-refractivity contribution in [3.8, 4) is 5.75 Å². The first-order chi connectivity index (χ1) is 11.0. The molecule has 0 spiro atoms. The van der Waals surface area contributed by atoms with E-state index in [0.717, 1.165) is 14.7 Å². The zero-order valence-electron chi connectivity index (χ0n) is 11.7. The van der Waals surface area contributed by atoms with Crippen LogP contribution in [-0.2, 0) is 4.79 Å². The molecule has 1 amide bonds. The van der Waals surface area contributed by atoms with E-state index < -0.39 is 0 Å². The quantitative estimate of drug-likeness (QED) is 0.669. The van der Waals surface area contributed by atoms with Gasteiger partial charge in [0.1, 0.15) is 5.75 Å². The van der Waals surface area contributed by atoms with Crippen LogP contribution in [0.1, 0.15) is 0 Å². The third-order valence-electron chi connectivity index (χ3n) is 2.94. The SMILES string of the molecule is Nc1nc2c(Br)cc(NC(=O)COc3ccccc3Cl)cc2s1. The Bertz CT molecular complexity index is 884. The predicted molar refractivity (Wildman–Crippen MR) is 97.3 cm³/mol. The highest BCUT2D eigenvalue weighted by Crippen LogP contribution is 2.33. The summed E-state index contributed by atoms with van der Waals surface area (Å²) in [6.07, 6.45) is 0. The highest BCUT2D eigenvalue weighted by molar-refractivity contribution is 9.10. The molecule has 1 heterocycles. The van der Waals surface area contributed by atoms with Crippen LogP contribution in [0.2, 0.25) is 5.02 Å². The molecule has 0 saturated carbocycles. The summed E-state index contributed by atoms with van der Waals surface area (Å²) in [5, 5.41) is 3.72. The number of para-hydroxylation sites is 1. The van der Waals surface area contributed by atoms with E-state index in [0.29, 0.717) is 21.6 Å². The van der Waals surface area contributed by atoms with Gasteiger partial charge in [0.25, 0.3) is 5.91 Å². The molecule has 3 N–H and O–H groups in total. The topological polar surface area (TPSA) is 77.2 Å². The summed E-state index contributed by atoms with van der Waals surface area (Å²) in [6, 6.07) is 10.6. The third-order valence-corrected chi connectivity index (χ3v) is 4.69. The zero-order chi connectivity index (χ0) is 16.4. The Balaban J connectivity index is 1.69. The van der Waals surface area contributed by atoms with Gasteiger partial charge in [-0.1, -0.05) is 35.1 Å². The molecule has 0 unspecified atom stereocenters. The summed E-state index contributed by atoms with van der Waals surface area (Å²) in [7, 11) is 0. The summed E-state index contributed by atoms with van der Waals surface area (Å²) >= 11 is 10.8. The first kappa shape index (κ1) is 16.0. The number of amides is 1. The van der Waals surface area contributed by atoms with E-state index in [1.165, 1.54) is 11.3 Å². The fraction of sp³-hybridized carbons (Fsp3) is 0.0667. The maximum atomic E-state index is 12.0. The number of nitrogens with one attached hydrogen (secondary N) is 1. The monoisotopic (exact) mass is 411 g/mol. The van der Waals surface area contributed by atoms with Crippen LogP contribution in [0.15, 0.2) is 40.9 Å². The average molecular weight is 413 g/mol. The second-order valence-electron chi connectivity index (χ2n) is 4.62. The number of ether oxygens (including phenoxy) is 1. The number of thiazole rings is 1. The normalized spacial score (nSPS) is 10.7. The van der Waals surface area contributed by atoms with Crippen molar-refractivity contribution in [2.45, 2.75) is 0 Å². The molecule has 3 aromatic rings. The van der Waals surface area contributed by atoms with E-state index in [2.05, 4.69) is 26.2 Å². The number of aromatic nitrogens is 1. The number of carbonyl (C=O) groups is 1. The fourth-order valence-electron chi connectivity index (χ4n) is 1.98. The Hall–Kier alpha value is -1.83. The Labute approximate surface area is 149 Å². The molecule has 8 heteroatoms. The van der Waals surface area contributed by atoms with Crippen molar-refractivity contribution in [1.82, 2.24) is 4.98 Å². The number of fused-ring (bicyclic) bond motifs is 1. The van der Waals surface area contributed by atoms with Gasteiger partial charge >= 0.3 is 0 Å². The lowest BCUT2D eigenvalue weighted by Gasteiger charge is -2.09. The number of halogens is 2. The molecule has 118 valence electrons. The minimum absolute atomic E-state index is 0.135. The van der Waals surface area contributed by atoms with Gasteiger partial charge in [0.2, 0.25) is 0 Å². The van der Waals surface area contributed by atoms with E-state index in [4.69, 9.17) is 22.1 Å². The van der Waals surface area contributed by atoms with E-state index in [1.807, 2.05) is 6.07 Å². The standard InChI is InChI=1S/C15H11BrClN3O2S/c16-9-5-8(6-12-14(9)20-15(18)23-12)19-13(21)7-22-11-4-2-1-3-10(11)17/h1-6H,7H2,(H2,18,20)(H,19,21). The first-order valence-corrected chi connectivity index (χ1v) is 8.54. The summed E-state index contributed by atoms with van der Waals surface area (Å²) in [6.45, 7) is -0.135. The van der Waals surface area contributed by atoms with E-state index in [1.54, 1.807) is 30.3 Å². The molecule has 0 aliphatic rings. The van der Waals surface area contributed by atoms with Gasteiger partial charge in [-0.2, -0.15) is 0 Å². The maximum absolute atomic E-state index is 12.0. The highest BCUT2D eigenvalue weighted by Gasteiger charge is 2.10. The van der Waals surface area contributed by atoms with Crippen molar-refractivity contribution >= 4 is 65.8 Å². The lowest BCUT2D eigenvalue weighted by molar-refractivity contribution is -0.118. The summed E-state index contributed by atoms with van der Waals surface area (Å²) < 4.78 is 7.06. The molecule has 0 atom stereocenters. The smallest absolute Gasteiger partial charge is 0.262 e. The number of nitrogen functional groups attached to an aromatic ring is 1. The second kappa shape index (κ2) is 6.74. The molecule has 0 radical (unpaired) electrons. The van der Waals surface area contributed by atoms with E-state index >= 15 is 0 Å².